The fraction of sp³-hybridized carbons (Fsp3) is 0.462. The van der Waals surface area contributed by atoms with E-state index in [2.05, 4.69) is 17.4 Å². The van der Waals surface area contributed by atoms with E-state index >= 15 is 0 Å². The largest absolute Gasteiger partial charge is 0.497 e. The quantitative estimate of drug-likeness (QED) is 0.733. The van der Waals surface area contributed by atoms with Crippen LogP contribution in [-0.2, 0) is 4.79 Å². The first-order valence-electron chi connectivity index (χ1n) is 11.8. The molecule has 3 aliphatic rings. The van der Waals surface area contributed by atoms with E-state index in [4.69, 9.17) is 4.74 Å². The Balaban J connectivity index is 1.37. The van der Waals surface area contributed by atoms with Crippen molar-refractivity contribution < 1.29 is 19.4 Å². The van der Waals surface area contributed by atoms with E-state index in [0.717, 1.165) is 31.2 Å². The van der Waals surface area contributed by atoms with Crippen molar-refractivity contribution in [1.29, 1.82) is 0 Å². The predicted octanol–water partition coefficient (Wildman–Crippen LogP) is 3.46. The maximum absolute atomic E-state index is 13.5. The van der Waals surface area contributed by atoms with E-state index in [1.807, 2.05) is 41.3 Å². The number of aliphatic hydroxyl groups excluding tert-OH is 1. The topological polar surface area (TPSA) is 82.1 Å². The Hall–Kier alpha value is -3.06. The second-order valence-electron chi connectivity index (χ2n) is 9.45. The third-order valence-electron chi connectivity index (χ3n) is 7.60. The third-order valence-corrected chi connectivity index (χ3v) is 7.60. The number of ether oxygens (including phenoxy) is 1. The van der Waals surface area contributed by atoms with Gasteiger partial charge < -0.3 is 25.0 Å². The van der Waals surface area contributed by atoms with Crippen molar-refractivity contribution >= 4 is 17.6 Å². The summed E-state index contributed by atoms with van der Waals surface area (Å²) < 4.78 is 5.24. The number of likely N-dealkylation sites (tertiary alicyclic amines) is 2. The molecule has 2 aromatic carbocycles. The summed E-state index contributed by atoms with van der Waals surface area (Å²) in [6.07, 6.45) is 4.00. The van der Waals surface area contributed by atoms with Gasteiger partial charge in [-0.2, -0.15) is 0 Å². The molecular formula is C26H31N3O4. The van der Waals surface area contributed by atoms with Crippen LogP contribution >= 0.6 is 0 Å². The lowest BCUT2D eigenvalue weighted by atomic mass is 9.60. The molecule has 2 heterocycles. The zero-order chi connectivity index (χ0) is 23.0. The second-order valence-corrected chi connectivity index (χ2v) is 9.45. The highest BCUT2D eigenvalue weighted by Gasteiger charge is 2.68. The minimum atomic E-state index is -0.458. The summed E-state index contributed by atoms with van der Waals surface area (Å²) in [5, 5.41) is 13.2. The molecule has 1 spiro atoms. The zero-order valence-electron chi connectivity index (χ0n) is 18.9. The lowest BCUT2D eigenvalue weighted by Crippen LogP contribution is -2.86. The molecule has 1 saturated carbocycles. The molecule has 0 radical (unpaired) electrons. The number of methoxy groups -OCH3 is 1. The number of nitrogens with zero attached hydrogens (tertiary/aromatic N) is 2. The second kappa shape index (κ2) is 8.71. The van der Waals surface area contributed by atoms with Crippen LogP contribution in [0.3, 0.4) is 0 Å². The maximum Gasteiger partial charge on any atom is 0.322 e. The summed E-state index contributed by atoms with van der Waals surface area (Å²) in [5.41, 5.74) is 1.32. The van der Waals surface area contributed by atoms with Gasteiger partial charge >= 0.3 is 6.03 Å². The van der Waals surface area contributed by atoms with Crippen LogP contribution in [0, 0.1) is 5.92 Å². The van der Waals surface area contributed by atoms with Crippen LogP contribution in [0.1, 0.15) is 37.2 Å². The van der Waals surface area contributed by atoms with Gasteiger partial charge in [0.1, 0.15) is 5.75 Å². The molecule has 2 aromatic rings. The molecule has 174 valence electrons. The number of carbonyl (C=O) groups excluding carboxylic acids is 2. The van der Waals surface area contributed by atoms with Crippen LogP contribution in [0.15, 0.2) is 54.6 Å². The van der Waals surface area contributed by atoms with Gasteiger partial charge in [0, 0.05) is 36.7 Å². The average molecular weight is 450 g/mol. The maximum atomic E-state index is 13.5. The Morgan fingerprint density at radius 2 is 1.82 bits per heavy atom. The molecule has 3 fully saturated rings. The van der Waals surface area contributed by atoms with Crippen LogP contribution in [0.5, 0.6) is 5.75 Å². The Labute approximate surface area is 194 Å². The van der Waals surface area contributed by atoms with Gasteiger partial charge in [0.2, 0.25) is 5.91 Å². The van der Waals surface area contributed by atoms with Crippen LogP contribution in [0.2, 0.25) is 0 Å². The molecule has 5 rings (SSSR count). The van der Waals surface area contributed by atoms with Crippen molar-refractivity contribution in [2.45, 2.75) is 43.2 Å². The molecule has 7 heteroatoms. The zero-order valence-corrected chi connectivity index (χ0v) is 18.9. The SMILES string of the molecule is COc1cccc(NC(=O)N2CC3(C2)[C@@H](c2ccccc2)[C@@H](CO)N3C(=O)C2CCCC2)c1. The molecule has 2 N–H and O–H groups in total. The molecule has 2 aliphatic heterocycles. The molecule has 0 aromatic heterocycles. The van der Waals surface area contributed by atoms with E-state index in [9.17, 15) is 14.7 Å². The molecule has 3 amide bonds. The predicted molar refractivity (Wildman–Crippen MR) is 125 cm³/mol. The minimum Gasteiger partial charge on any atom is -0.497 e. The van der Waals surface area contributed by atoms with E-state index in [0.29, 0.717) is 24.5 Å². The Kier molecular flexibility index (Phi) is 5.74. The number of urea groups is 1. The first-order chi connectivity index (χ1) is 16.1. The normalized spacial score (nSPS) is 23.7. The van der Waals surface area contributed by atoms with Crippen LogP contribution in [0.4, 0.5) is 10.5 Å². The Bertz CT molecular complexity index is 1020. The fourth-order valence-corrected chi connectivity index (χ4v) is 6.05. The number of nitrogens with one attached hydrogen (secondary N) is 1. The summed E-state index contributed by atoms with van der Waals surface area (Å²) in [4.78, 5) is 30.1. The lowest BCUT2D eigenvalue weighted by Gasteiger charge is -2.70. The fourth-order valence-electron chi connectivity index (χ4n) is 6.05. The van der Waals surface area contributed by atoms with Gasteiger partial charge in [0.15, 0.2) is 0 Å². The van der Waals surface area contributed by atoms with Crippen molar-refractivity contribution in [3.63, 3.8) is 0 Å². The summed E-state index contributed by atoms with van der Waals surface area (Å²) >= 11 is 0. The number of amides is 3. The van der Waals surface area contributed by atoms with Crippen LogP contribution in [0.25, 0.3) is 0 Å². The Morgan fingerprint density at radius 3 is 2.48 bits per heavy atom. The lowest BCUT2D eigenvalue weighted by molar-refractivity contribution is -0.196. The third kappa shape index (κ3) is 3.64. The summed E-state index contributed by atoms with van der Waals surface area (Å²) in [5.74, 6) is 0.865. The smallest absolute Gasteiger partial charge is 0.322 e. The van der Waals surface area contributed by atoms with Crippen molar-refractivity contribution in [2.75, 3.05) is 32.1 Å². The van der Waals surface area contributed by atoms with E-state index < -0.39 is 5.54 Å². The van der Waals surface area contributed by atoms with E-state index in [1.54, 1.807) is 18.1 Å². The highest BCUT2D eigenvalue weighted by Crippen LogP contribution is 2.55. The number of benzene rings is 2. The monoisotopic (exact) mass is 449 g/mol. The number of aliphatic hydroxyl groups is 1. The molecule has 2 atom stereocenters. The van der Waals surface area contributed by atoms with E-state index in [1.165, 1.54) is 0 Å². The number of hydrogen-bond donors (Lipinski definition) is 2. The van der Waals surface area contributed by atoms with Crippen LogP contribution in [-0.4, -0.2) is 65.2 Å². The van der Waals surface area contributed by atoms with E-state index in [-0.39, 0.29) is 36.4 Å². The number of rotatable bonds is 5. The van der Waals surface area contributed by atoms with Crippen LogP contribution < -0.4 is 10.1 Å². The molecule has 0 bridgehead atoms. The summed E-state index contributed by atoms with van der Waals surface area (Å²) in [7, 11) is 1.59. The summed E-state index contributed by atoms with van der Waals surface area (Å²) in [6.45, 7) is 0.838. The highest BCUT2D eigenvalue weighted by atomic mass is 16.5. The van der Waals surface area contributed by atoms with Gasteiger partial charge in [-0.05, 0) is 30.5 Å². The van der Waals surface area contributed by atoms with Crippen molar-refractivity contribution in [1.82, 2.24) is 9.80 Å². The number of hydrogen-bond acceptors (Lipinski definition) is 4. The van der Waals surface area contributed by atoms with Crippen molar-refractivity contribution in [3.05, 3.63) is 60.2 Å². The van der Waals surface area contributed by atoms with Gasteiger partial charge in [-0.15, -0.1) is 0 Å². The van der Waals surface area contributed by atoms with Gasteiger partial charge in [-0.25, -0.2) is 4.79 Å². The molecule has 33 heavy (non-hydrogen) atoms. The van der Waals surface area contributed by atoms with Gasteiger partial charge in [-0.1, -0.05) is 49.2 Å². The number of anilines is 1. The first-order valence-corrected chi connectivity index (χ1v) is 11.8. The molecule has 0 unspecified atom stereocenters. The van der Waals surface area contributed by atoms with Gasteiger partial charge in [-0.3, -0.25) is 4.79 Å². The molecule has 2 saturated heterocycles. The minimum absolute atomic E-state index is 0.00919. The highest BCUT2D eigenvalue weighted by molar-refractivity contribution is 5.91. The molecule has 1 aliphatic carbocycles. The standard InChI is InChI=1S/C26H31N3O4/c1-33-21-13-7-12-20(14-21)27-25(32)28-16-26(17-28)23(18-8-3-2-4-9-18)22(15-30)29(26)24(31)19-10-5-6-11-19/h2-4,7-9,12-14,19,22-23,30H,5-6,10-11,15-17H2,1H3,(H,27,32)/t22-,23+/m1/s1. The Morgan fingerprint density at radius 1 is 1.09 bits per heavy atom. The average Bonchev–Trinajstić information content (AvgIpc) is 3.33. The molecule has 7 nitrogen and oxygen atoms in total. The summed E-state index contributed by atoms with van der Waals surface area (Å²) in [6, 6.07) is 16.9. The first kappa shape index (κ1) is 21.8. The van der Waals surface area contributed by atoms with Gasteiger partial charge in [0.05, 0.1) is 25.3 Å². The van der Waals surface area contributed by atoms with Gasteiger partial charge in [0.25, 0.3) is 0 Å². The van der Waals surface area contributed by atoms with Crippen molar-refractivity contribution in [3.8, 4) is 5.75 Å². The van der Waals surface area contributed by atoms with Crippen molar-refractivity contribution in [2.24, 2.45) is 5.92 Å². The molecular weight excluding hydrogens is 418 g/mol. The number of carbonyl (C=O) groups is 2.